The summed E-state index contributed by atoms with van der Waals surface area (Å²) in [5.74, 6) is 1.96. The molecule has 1 unspecified atom stereocenters. The first-order valence-electron chi connectivity index (χ1n) is 7.66. The molecule has 1 N–H and O–H groups in total. The number of furan rings is 1. The van der Waals surface area contributed by atoms with Gasteiger partial charge in [0.25, 0.3) is 0 Å². The first kappa shape index (κ1) is 13.7. The molecule has 1 fully saturated rings. The second-order valence-corrected chi connectivity index (χ2v) is 5.44. The molecular formula is C16H27NO. The van der Waals surface area contributed by atoms with Crippen molar-refractivity contribution >= 4 is 0 Å². The number of hydrogen-bond acceptors (Lipinski definition) is 2. The van der Waals surface area contributed by atoms with E-state index in [1.807, 2.05) is 6.26 Å². The summed E-state index contributed by atoms with van der Waals surface area (Å²) in [6.07, 6.45) is 11.2. The van der Waals surface area contributed by atoms with Crippen molar-refractivity contribution < 1.29 is 4.42 Å². The third kappa shape index (κ3) is 3.17. The number of hydrogen-bond donors (Lipinski definition) is 1. The molecule has 0 aromatic carbocycles. The Labute approximate surface area is 111 Å². The molecule has 0 radical (unpaired) electrons. The summed E-state index contributed by atoms with van der Waals surface area (Å²) in [6.45, 7) is 5.42. The number of aryl methyl sites for hydroxylation is 1. The zero-order valence-electron chi connectivity index (χ0n) is 11.9. The summed E-state index contributed by atoms with van der Waals surface area (Å²) in [5.41, 5.74) is 1.41. The third-order valence-electron chi connectivity index (χ3n) is 4.23. The lowest BCUT2D eigenvalue weighted by Gasteiger charge is -2.27. The van der Waals surface area contributed by atoms with Gasteiger partial charge in [-0.3, -0.25) is 0 Å². The predicted octanol–water partition coefficient (Wildman–Crippen LogP) is 4.46. The van der Waals surface area contributed by atoms with Crippen molar-refractivity contribution in [1.82, 2.24) is 5.32 Å². The highest BCUT2D eigenvalue weighted by Gasteiger charge is 2.26. The van der Waals surface area contributed by atoms with Gasteiger partial charge in [0.15, 0.2) is 0 Å². The molecule has 102 valence electrons. The molecule has 1 aromatic heterocycles. The van der Waals surface area contributed by atoms with Gasteiger partial charge >= 0.3 is 0 Å². The minimum Gasteiger partial charge on any atom is -0.469 e. The molecule has 2 heteroatoms. The molecule has 1 aliphatic carbocycles. The van der Waals surface area contributed by atoms with Gasteiger partial charge < -0.3 is 9.73 Å². The highest BCUT2D eigenvalue weighted by Crippen LogP contribution is 2.35. The van der Waals surface area contributed by atoms with Crippen molar-refractivity contribution in [2.75, 3.05) is 6.54 Å². The molecule has 2 nitrogen and oxygen atoms in total. The molecule has 0 aliphatic heterocycles. The maximum atomic E-state index is 5.62. The molecule has 1 atom stereocenters. The summed E-state index contributed by atoms with van der Waals surface area (Å²) in [4.78, 5) is 0. The normalized spacial score (nSPS) is 19.7. The monoisotopic (exact) mass is 249 g/mol. The molecule has 1 heterocycles. The third-order valence-corrected chi connectivity index (χ3v) is 4.23. The standard InChI is InChI=1S/C16H27NO/c1-3-15-14(11-12-18-15)16(17-4-2)13-9-7-5-6-8-10-13/h11-13,16-17H,3-10H2,1-2H3. The van der Waals surface area contributed by atoms with Crippen LogP contribution in [0.5, 0.6) is 0 Å². The second-order valence-electron chi connectivity index (χ2n) is 5.44. The summed E-state index contributed by atoms with van der Waals surface area (Å²) in [5, 5.41) is 3.70. The van der Waals surface area contributed by atoms with Crippen LogP contribution < -0.4 is 5.32 Å². The van der Waals surface area contributed by atoms with Crippen molar-refractivity contribution in [1.29, 1.82) is 0 Å². The van der Waals surface area contributed by atoms with Gasteiger partial charge in [0.2, 0.25) is 0 Å². The van der Waals surface area contributed by atoms with Crippen molar-refractivity contribution in [3.8, 4) is 0 Å². The maximum absolute atomic E-state index is 5.62. The van der Waals surface area contributed by atoms with E-state index >= 15 is 0 Å². The zero-order valence-corrected chi connectivity index (χ0v) is 11.9. The van der Waals surface area contributed by atoms with Crippen LogP contribution in [0, 0.1) is 5.92 Å². The smallest absolute Gasteiger partial charge is 0.108 e. The molecule has 18 heavy (non-hydrogen) atoms. The highest BCUT2D eigenvalue weighted by atomic mass is 16.3. The van der Waals surface area contributed by atoms with Crippen LogP contribution >= 0.6 is 0 Å². The largest absolute Gasteiger partial charge is 0.469 e. The Morgan fingerprint density at radius 2 is 1.94 bits per heavy atom. The van der Waals surface area contributed by atoms with E-state index in [0.717, 1.165) is 18.9 Å². The van der Waals surface area contributed by atoms with Crippen LogP contribution in [0.4, 0.5) is 0 Å². The summed E-state index contributed by atoms with van der Waals surface area (Å²) < 4.78 is 5.62. The van der Waals surface area contributed by atoms with Gasteiger partial charge in [0.1, 0.15) is 5.76 Å². The van der Waals surface area contributed by atoms with E-state index in [1.54, 1.807) is 0 Å². The van der Waals surface area contributed by atoms with Crippen molar-refractivity contribution in [3.63, 3.8) is 0 Å². The van der Waals surface area contributed by atoms with Gasteiger partial charge in [0, 0.05) is 18.0 Å². The van der Waals surface area contributed by atoms with Gasteiger partial charge in [-0.1, -0.05) is 39.5 Å². The lowest BCUT2D eigenvalue weighted by atomic mass is 9.87. The van der Waals surface area contributed by atoms with Crippen molar-refractivity contribution in [3.05, 3.63) is 23.7 Å². The Bertz CT molecular complexity index is 337. The van der Waals surface area contributed by atoms with Crippen molar-refractivity contribution in [2.24, 2.45) is 5.92 Å². The van der Waals surface area contributed by atoms with Crippen LogP contribution in [-0.2, 0) is 6.42 Å². The second kappa shape index (κ2) is 6.98. The van der Waals surface area contributed by atoms with E-state index in [9.17, 15) is 0 Å². The Kier molecular flexibility index (Phi) is 5.30. The molecule has 0 amide bonds. The summed E-state index contributed by atoms with van der Waals surface area (Å²) in [7, 11) is 0. The van der Waals surface area contributed by atoms with Crippen LogP contribution in [0.25, 0.3) is 0 Å². The minimum absolute atomic E-state index is 0.502. The van der Waals surface area contributed by atoms with Gasteiger partial charge in [-0.05, 0) is 31.4 Å². The molecule has 0 spiro atoms. The van der Waals surface area contributed by atoms with Gasteiger partial charge in [-0.25, -0.2) is 0 Å². The van der Waals surface area contributed by atoms with Crippen LogP contribution in [0.15, 0.2) is 16.7 Å². The fourth-order valence-corrected chi connectivity index (χ4v) is 3.31. The van der Waals surface area contributed by atoms with Crippen LogP contribution in [0.2, 0.25) is 0 Å². The molecule has 2 rings (SSSR count). The fraction of sp³-hybridized carbons (Fsp3) is 0.750. The average Bonchev–Trinajstić information content (AvgIpc) is 2.69. The van der Waals surface area contributed by atoms with Gasteiger partial charge in [0.05, 0.1) is 6.26 Å². The lowest BCUT2D eigenvalue weighted by molar-refractivity contribution is 0.325. The van der Waals surface area contributed by atoms with E-state index in [0.29, 0.717) is 6.04 Å². The Morgan fingerprint density at radius 3 is 2.56 bits per heavy atom. The number of nitrogens with one attached hydrogen (secondary N) is 1. The van der Waals surface area contributed by atoms with Crippen LogP contribution in [0.3, 0.4) is 0 Å². The topological polar surface area (TPSA) is 25.2 Å². The van der Waals surface area contributed by atoms with E-state index < -0.39 is 0 Å². The van der Waals surface area contributed by atoms with E-state index in [2.05, 4.69) is 25.2 Å². The quantitative estimate of drug-likeness (QED) is 0.779. The van der Waals surface area contributed by atoms with Gasteiger partial charge in [-0.2, -0.15) is 0 Å². The molecule has 0 bridgehead atoms. The molecule has 1 saturated carbocycles. The van der Waals surface area contributed by atoms with Crippen LogP contribution in [0.1, 0.15) is 69.7 Å². The van der Waals surface area contributed by atoms with Gasteiger partial charge in [-0.15, -0.1) is 0 Å². The summed E-state index contributed by atoms with van der Waals surface area (Å²) >= 11 is 0. The maximum Gasteiger partial charge on any atom is 0.108 e. The van der Waals surface area contributed by atoms with E-state index in [4.69, 9.17) is 4.42 Å². The van der Waals surface area contributed by atoms with E-state index in [1.165, 1.54) is 49.8 Å². The molecule has 0 saturated heterocycles. The molecule has 1 aliphatic rings. The zero-order chi connectivity index (χ0) is 12.8. The Hall–Kier alpha value is -0.760. The Balaban J connectivity index is 2.15. The van der Waals surface area contributed by atoms with Crippen molar-refractivity contribution in [2.45, 2.75) is 64.8 Å². The minimum atomic E-state index is 0.502. The number of rotatable bonds is 5. The Morgan fingerprint density at radius 1 is 1.22 bits per heavy atom. The summed E-state index contributed by atoms with van der Waals surface area (Å²) in [6, 6.07) is 2.68. The first-order valence-corrected chi connectivity index (χ1v) is 7.66. The average molecular weight is 249 g/mol. The van der Waals surface area contributed by atoms with E-state index in [-0.39, 0.29) is 0 Å². The predicted molar refractivity (Wildman–Crippen MR) is 75.7 cm³/mol. The SMILES string of the molecule is CCNC(c1ccoc1CC)C1CCCCCC1. The first-order chi connectivity index (χ1) is 8.86. The van der Waals surface area contributed by atoms with Crippen LogP contribution in [-0.4, -0.2) is 6.54 Å². The fourth-order valence-electron chi connectivity index (χ4n) is 3.31. The molecule has 1 aromatic rings. The lowest BCUT2D eigenvalue weighted by Crippen LogP contribution is -2.28. The highest BCUT2D eigenvalue weighted by molar-refractivity contribution is 5.22. The molecular weight excluding hydrogens is 222 g/mol.